The Kier molecular flexibility index (Phi) is 20.2. The summed E-state index contributed by atoms with van der Waals surface area (Å²) in [6.45, 7) is 20.5. The van der Waals surface area contributed by atoms with E-state index >= 15 is 0 Å². The lowest BCUT2D eigenvalue weighted by atomic mass is 9.91. The van der Waals surface area contributed by atoms with Crippen LogP contribution in [0.5, 0.6) is 0 Å². The minimum atomic E-state index is -0.0177. The number of aromatic nitrogens is 1. The molecule has 7 aromatic rings. The fraction of sp³-hybridized carbons (Fsp3) is 0.171. The number of hydrogen-bond acceptors (Lipinski definition) is 1. The average molecular weight is 941 g/mol. The molecule has 0 radical (unpaired) electrons. The van der Waals surface area contributed by atoms with Crippen LogP contribution in [-0.2, 0) is 12.8 Å². The van der Waals surface area contributed by atoms with Gasteiger partial charge in [-0.1, -0.05) is 203 Å². The van der Waals surface area contributed by atoms with Crippen molar-refractivity contribution in [3.63, 3.8) is 0 Å². The number of allylic oxidation sites excluding steroid dienone is 16. The predicted octanol–water partition coefficient (Wildman–Crippen LogP) is 18.6. The van der Waals surface area contributed by atoms with E-state index in [1.807, 2.05) is 55.5 Å². The second-order valence-electron chi connectivity index (χ2n) is 18.1. The largest absolute Gasteiger partial charge is 0.363 e. The Labute approximate surface area is 432 Å². The van der Waals surface area contributed by atoms with Crippen LogP contribution in [0.2, 0.25) is 0 Å². The number of nitrogens with zero attached hydrogens (tertiary/aromatic N) is 2. The van der Waals surface area contributed by atoms with Gasteiger partial charge < -0.3 is 9.47 Å². The molecule has 0 aliphatic rings. The first-order valence-corrected chi connectivity index (χ1v) is 25.3. The Hall–Kier alpha value is -8.12. The molecule has 2 unspecified atom stereocenters. The van der Waals surface area contributed by atoms with Gasteiger partial charge in [0.15, 0.2) is 0 Å². The van der Waals surface area contributed by atoms with Crippen molar-refractivity contribution in [3.05, 3.63) is 277 Å². The van der Waals surface area contributed by atoms with Crippen LogP contribution in [0, 0.1) is 32.1 Å². The number of para-hydroxylation sites is 2. The van der Waals surface area contributed by atoms with Gasteiger partial charge in [-0.2, -0.15) is 0 Å². The van der Waals surface area contributed by atoms with Crippen LogP contribution in [0.15, 0.2) is 255 Å². The molecule has 1 heterocycles. The van der Waals surface area contributed by atoms with E-state index in [9.17, 15) is 0 Å². The van der Waals surface area contributed by atoms with Crippen LogP contribution >= 0.6 is 0 Å². The quantitative estimate of drug-likeness (QED) is 0.0579. The van der Waals surface area contributed by atoms with Crippen molar-refractivity contribution in [3.8, 4) is 40.3 Å². The number of rotatable bonds is 19. The van der Waals surface area contributed by atoms with E-state index in [1.54, 1.807) is 12.2 Å². The summed E-state index contributed by atoms with van der Waals surface area (Å²) < 4.78 is 2.39. The highest BCUT2D eigenvalue weighted by Gasteiger charge is 2.18. The van der Waals surface area contributed by atoms with Gasteiger partial charge in [-0.25, -0.2) is 0 Å². The summed E-state index contributed by atoms with van der Waals surface area (Å²) in [4.78, 5) is 2.20. The van der Waals surface area contributed by atoms with Crippen molar-refractivity contribution < 1.29 is 0 Å². The third-order valence-electron chi connectivity index (χ3n) is 13.2. The van der Waals surface area contributed by atoms with Crippen molar-refractivity contribution in [1.29, 1.82) is 0 Å². The molecule has 362 valence electrons. The molecule has 6 aromatic carbocycles. The summed E-state index contributed by atoms with van der Waals surface area (Å²) in [6.07, 6.45) is 41.5. The van der Waals surface area contributed by atoms with Crippen LogP contribution in [0.3, 0.4) is 0 Å². The second-order valence-corrected chi connectivity index (χ2v) is 18.1. The van der Waals surface area contributed by atoms with E-state index in [0.29, 0.717) is 5.92 Å². The van der Waals surface area contributed by atoms with Crippen molar-refractivity contribution in [1.82, 2.24) is 4.57 Å². The van der Waals surface area contributed by atoms with E-state index in [0.717, 1.165) is 30.5 Å². The number of hydrogen-bond donors (Lipinski definition) is 0. The molecule has 0 spiro atoms. The number of aryl methyl sites for hydroxylation is 2. The van der Waals surface area contributed by atoms with E-state index in [4.69, 9.17) is 6.42 Å². The van der Waals surface area contributed by atoms with Crippen LogP contribution < -0.4 is 4.90 Å². The molecule has 2 nitrogen and oxygen atoms in total. The molecule has 72 heavy (non-hydrogen) atoms. The van der Waals surface area contributed by atoms with E-state index < -0.39 is 0 Å². The molecule has 2 atom stereocenters. The maximum absolute atomic E-state index is 5.92. The number of fused-ring (bicyclic) bond motifs is 3. The van der Waals surface area contributed by atoms with Crippen LogP contribution in [-0.4, -0.2) is 17.7 Å². The highest BCUT2D eigenvalue weighted by molar-refractivity contribution is 6.10. The van der Waals surface area contributed by atoms with Crippen LogP contribution in [0.4, 0.5) is 5.69 Å². The smallest absolute Gasteiger partial charge is 0.0804 e. The maximum atomic E-state index is 5.92. The summed E-state index contributed by atoms with van der Waals surface area (Å²) in [6, 6.07) is 48.6. The first-order chi connectivity index (χ1) is 35.1. The van der Waals surface area contributed by atoms with Crippen molar-refractivity contribution in [2.45, 2.75) is 66.8 Å². The maximum Gasteiger partial charge on any atom is 0.0804 e. The Balaban J connectivity index is 0.000000278. The molecule has 1 aromatic heterocycles. The van der Waals surface area contributed by atoms with Crippen molar-refractivity contribution >= 4 is 27.5 Å². The third-order valence-corrected chi connectivity index (χ3v) is 13.2. The van der Waals surface area contributed by atoms with Gasteiger partial charge in [0.1, 0.15) is 0 Å². The fourth-order valence-corrected chi connectivity index (χ4v) is 8.94. The van der Waals surface area contributed by atoms with Gasteiger partial charge in [0.2, 0.25) is 0 Å². The minimum absolute atomic E-state index is 0.0177. The molecule has 2 heteroatoms. The Bertz CT molecular complexity index is 3220. The summed E-state index contributed by atoms with van der Waals surface area (Å²) in [5.41, 5.74) is 17.2. The molecule has 0 N–H and O–H groups in total. The zero-order valence-electron chi connectivity index (χ0n) is 43.6. The normalized spacial score (nSPS) is 13.2. The second kappa shape index (κ2) is 27.3. The molecule has 0 amide bonds. The predicted molar refractivity (Wildman–Crippen MR) is 318 cm³/mol. The topological polar surface area (TPSA) is 8.17 Å². The zero-order chi connectivity index (χ0) is 51.2. The Morgan fingerprint density at radius 2 is 1.19 bits per heavy atom. The Morgan fingerprint density at radius 3 is 1.83 bits per heavy atom. The van der Waals surface area contributed by atoms with Gasteiger partial charge in [0.25, 0.3) is 0 Å². The highest BCUT2D eigenvalue weighted by atomic mass is 15.1. The number of terminal acetylenes is 1. The average Bonchev–Trinajstić information content (AvgIpc) is 3.74. The van der Waals surface area contributed by atoms with Crippen LogP contribution in [0.25, 0.3) is 49.7 Å². The first-order valence-electron chi connectivity index (χ1n) is 25.3. The molecule has 0 saturated heterocycles. The first kappa shape index (κ1) is 53.2. The fourth-order valence-electron chi connectivity index (χ4n) is 8.94. The number of benzene rings is 6. The lowest BCUT2D eigenvalue weighted by molar-refractivity contribution is 0.667. The molecule has 7 rings (SSSR count). The van der Waals surface area contributed by atoms with Gasteiger partial charge >= 0.3 is 0 Å². The summed E-state index contributed by atoms with van der Waals surface area (Å²) >= 11 is 0. The van der Waals surface area contributed by atoms with E-state index in [-0.39, 0.29) is 6.04 Å². The monoisotopic (exact) mass is 941 g/mol. The lowest BCUT2D eigenvalue weighted by Crippen LogP contribution is -2.31. The summed E-state index contributed by atoms with van der Waals surface area (Å²) in [5.74, 6) is 3.40. The van der Waals surface area contributed by atoms with Gasteiger partial charge in [-0.05, 0) is 164 Å². The van der Waals surface area contributed by atoms with Gasteiger partial charge in [-0.3, -0.25) is 0 Å². The Morgan fingerprint density at radius 1 is 0.639 bits per heavy atom. The van der Waals surface area contributed by atoms with E-state index in [1.165, 1.54) is 77.6 Å². The molecule has 0 aliphatic heterocycles. The SMILES string of the molecule is C#C/C(=C\C(=C/C)C(C)CC)C(/C=C\C=C/C=C)N(C)c1ccccc1.C=C/C=C\C=C/Cc1ccc2c(c1)c1cc(-c3ccc(C)c(-c4cc(C/C=C\C=C/C)ccc4C)c3)ccc1n2-c1ccccc1. The number of anilines is 1. The third kappa shape index (κ3) is 13.8. The summed E-state index contributed by atoms with van der Waals surface area (Å²) in [7, 11) is 2.07. The van der Waals surface area contributed by atoms with Gasteiger partial charge in [0.05, 0.1) is 17.1 Å². The lowest BCUT2D eigenvalue weighted by Gasteiger charge is -2.28. The standard InChI is InChI=1S/C45H41N.C25H31N/c1-5-7-9-11-14-18-36-24-27-44-42(30-36)43-32-38(26-28-45(43)46(44)39-19-15-12-16-20-39)37-25-22-34(4)41(31-37)40-29-35(23-21-33(40)3)17-13-10-8-6-2;1-7-11-12-16-19-25(26(6)24-17-14-13-15-18-24)23(10-4)20-22(9-3)21(5)8-2/h5-16,19-32H,1,17-18H2,2-4H3;4,7,9,11-21,25H,1,8H2,2-3,5-6H3/b8-6-,9-7-,13-10-,14-11-;12-11-,19-16-,22-9+,23-20+. The van der Waals surface area contributed by atoms with Crippen LogP contribution in [0.1, 0.15) is 56.4 Å². The molecule has 0 bridgehead atoms. The molecular weight excluding hydrogens is 869 g/mol. The molecule has 0 aliphatic carbocycles. The molecule has 0 saturated carbocycles. The zero-order valence-corrected chi connectivity index (χ0v) is 43.6. The van der Waals surface area contributed by atoms with E-state index in [2.05, 4.69) is 240 Å². The van der Waals surface area contributed by atoms with Gasteiger partial charge in [0, 0.05) is 34.8 Å². The minimum Gasteiger partial charge on any atom is -0.363 e. The van der Waals surface area contributed by atoms with Crippen molar-refractivity contribution in [2.75, 3.05) is 11.9 Å². The highest BCUT2D eigenvalue weighted by Crippen LogP contribution is 2.38. The number of likely N-dealkylation sites (N-methyl/N-ethyl adjacent to an activating group) is 1. The summed E-state index contributed by atoms with van der Waals surface area (Å²) in [5, 5.41) is 2.54. The molecular formula is C70H72N2. The molecule has 0 fully saturated rings. The van der Waals surface area contributed by atoms with Crippen molar-refractivity contribution in [2.24, 2.45) is 5.92 Å². The van der Waals surface area contributed by atoms with Gasteiger partial charge in [-0.15, -0.1) is 6.42 Å².